The van der Waals surface area contributed by atoms with Crippen LogP contribution in [-0.4, -0.2) is 47.3 Å². The Labute approximate surface area is 181 Å². The molecule has 0 aliphatic carbocycles. The zero-order chi connectivity index (χ0) is 21.4. The fraction of sp³-hybridized carbons (Fsp3) is 0.182. The molecule has 2 N–H and O–H groups in total. The maximum Gasteiger partial charge on any atom is 0.290 e. The van der Waals surface area contributed by atoms with E-state index in [0.717, 1.165) is 48.9 Å². The summed E-state index contributed by atoms with van der Waals surface area (Å²) >= 11 is 0.863. The van der Waals surface area contributed by atoms with Gasteiger partial charge in [-0.15, -0.1) is 0 Å². The molecule has 0 radical (unpaired) electrons. The molecule has 3 aromatic rings. The molecule has 0 unspecified atom stereocenters. The van der Waals surface area contributed by atoms with Gasteiger partial charge in [0, 0.05) is 37.1 Å². The van der Waals surface area contributed by atoms with Crippen LogP contribution in [0.5, 0.6) is 0 Å². The fourth-order valence-electron chi connectivity index (χ4n) is 3.78. The number of hydrogen-bond donors (Lipinski definition) is 2. The average molecular weight is 435 g/mol. The molecule has 156 valence electrons. The van der Waals surface area contributed by atoms with Crippen molar-refractivity contribution in [2.24, 2.45) is 0 Å². The molecule has 0 saturated carbocycles. The van der Waals surface area contributed by atoms with E-state index in [0.29, 0.717) is 27.4 Å². The Balaban J connectivity index is 1.54. The molecule has 0 atom stereocenters. The van der Waals surface area contributed by atoms with E-state index in [1.165, 1.54) is 12.4 Å². The molecule has 2 aromatic carbocycles. The fourth-order valence-corrected chi connectivity index (χ4v) is 4.47. The van der Waals surface area contributed by atoms with Crippen molar-refractivity contribution in [1.29, 1.82) is 0 Å². The predicted octanol–water partition coefficient (Wildman–Crippen LogP) is 3.17. The Morgan fingerprint density at radius 1 is 1.06 bits per heavy atom. The summed E-state index contributed by atoms with van der Waals surface area (Å²) in [5, 5.41) is 5.86. The van der Waals surface area contributed by atoms with Gasteiger partial charge in [0.2, 0.25) is 0 Å². The third kappa shape index (κ3) is 3.89. The first-order valence-corrected chi connectivity index (χ1v) is 10.7. The predicted molar refractivity (Wildman–Crippen MR) is 119 cm³/mol. The van der Waals surface area contributed by atoms with E-state index < -0.39 is 5.91 Å². The monoisotopic (exact) mass is 435 g/mol. The number of fused-ring (bicyclic) bond motifs is 1. The molecule has 3 heterocycles. The Kier molecular flexibility index (Phi) is 5.13. The normalized spacial score (nSPS) is 18.1. The van der Waals surface area contributed by atoms with Gasteiger partial charge in [0.05, 0.1) is 21.8 Å². The number of halogens is 1. The lowest BCUT2D eigenvalue weighted by atomic mass is 10.0. The number of rotatable bonds is 3. The molecule has 5 rings (SSSR count). The van der Waals surface area contributed by atoms with Crippen LogP contribution in [0.15, 0.2) is 47.6 Å². The number of carbonyl (C=O) groups excluding carboxylic acids is 2. The molecule has 2 saturated heterocycles. The molecule has 0 bridgehead atoms. The van der Waals surface area contributed by atoms with Crippen molar-refractivity contribution in [2.45, 2.75) is 0 Å². The number of imide groups is 1. The van der Waals surface area contributed by atoms with Gasteiger partial charge in [0.15, 0.2) is 0 Å². The van der Waals surface area contributed by atoms with Crippen molar-refractivity contribution in [1.82, 2.24) is 20.6 Å². The number of hydrogen-bond acceptors (Lipinski definition) is 7. The van der Waals surface area contributed by atoms with Crippen LogP contribution in [0.4, 0.5) is 14.9 Å². The lowest BCUT2D eigenvalue weighted by molar-refractivity contribution is -0.115. The van der Waals surface area contributed by atoms with E-state index in [4.69, 9.17) is 0 Å². The molecular formula is C22H18FN5O2S. The quantitative estimate of drug-likeness (QED) is 0.611. The summed E-state index contributed by atoms with van der Waals surface area (Å²) in [5.41, 5.74) is 3.28. The highest BCUT2D eigenvalue weighted by Gasteiger charge is 2.25. The van der Waals surface area contributed by atoms with E-state index in [1.54, 1.807) is 12.1 Å². The standard InChI is InChI=1S/C22H18FN5O2S/c23-16-11-14(2-4-18(16)28-7-5-24-6-8-28)20-15-9-13(1-3-17(15)25-12-26-20)10-19-21(29)27-22(30)31-19/h1-4,9-12,24H,5-8H2,(H,27,29,30). The maximum atomic E-state index is 15.0. The first kappa shape index (κ1) is 19.7. The van der Waals surface area contributed by atoms with Crippen LogP contribution in [0.1, 0.15) is 5.56 Å². The summed E-state index contributed by atoms with van der Waals surface area (Å²) < 4.78 is 15.0. The number of aromatic nitrogens is 2. The van der Waals surface area contributed by atoms with Gasteiger partial charge in [-0.3, -0.25) is 14.9 Å². The van der Waals surface area contributed by atoms with E-state index in [2.05, 4.69) is 20.6 Å². The van der Waals surface area contributed by atoms with Crippen molar-refractivity contribution in [3.63, 3.8) is 0 Å². The smallest absolute Gasteiger partial charge is 0.290 e. The summed E-state index contributed by atoms with van der Waals surface area (Å²) in [6, 6.07) is 10.6. The lowest BCUT2D eigenvalue weighted by Gasteiger charge is -2.29. The van der Waals surface area contributed by atoms with Crippen LogP contribution in [0.25, 0.3) is 28.2 Å². The number of amides is 2. The highest BCUT2D eigenvalue weighted by atomic mass is 32.2. The van der Waals surface area contributed by atoms with Gasteiger partial charge in [-0.1, -0.05) is 12.1 Å². The molecule has 31 heavy (non-hydrogen) atoms. The minimum Gasteiger partial charge on any atom is -0.367 e. The molecule has 0 spiro atoms. The van der Waals surface area contributed by atoms with Crippen molar-refractivity contribution >= 4 is 45.6 Å². The molecule has 1 aromatic heterocycles. The lowest BCUT2D eigenvalue weighted by Crippen LogP contribution is -2.43. The van der Waals surface area contributed by atoms with Crippen LogP contribution in [0.3, 0.4) is 0 Å². The number of carbonyl (C=O) groups is 2. The second-order valence-electron chi connectivity index (χ2n) is 7.25. The number of anilines is 1. The third-order valence-corrected chi connectivity index (χ3v) is 6.09. The SMILES string of the molecule is O=C1NC(=O)C(=Cc2ccc3ncnc(-c4ccc(N5CCNCC5)c(F)c4)c3c2)S1. The number of nitrogens with zero attached hydrogens (tertiary/aromatic N) is 3. The maximum absolute atomic E-state index is 15.0. The van der Waals surface area contributed by atoms with Crippen molar-refractivity contribution in [3.8, 4) is 11.3 Å². The molecule has 2 fully saturated rings. The van der Waals surface area contributed by atoms with Gasteiger partial charge < -0.3 is 10.2 Å². The van der Waals surface area contributed by atoms with E-state index >= 15 is 0 Å². The number of benzene rings is 2. The average Bonchev–Trinajstić information content (AvgIpc) is 3.10. The van der Waals surface area contributed by atoms with E-state index in [9.17, 15) is 14.0 Å². The molecule has 7 nitrogen and oxygen atoms in total. The second-order valence-corrected chi connectivity index (χ2v) is 8.27. The topological polar surface area (TPSA) is 87.2 Å². The molecule has 2 aliphatic rings. The van der Waals surface area contributed by atoms with Gasteiger partial charge in [-0.25, -0.2) is 14.4 Å². The van der Waals surface area contributed by atoms with Crippen LogP contribution >= 0.6 is 11.8 Å². The largest absolute Gasteiger partial charge is 0.367 e. The zero-order valence-electron chi connectivity index (χ0n) is 16.4. The number of thioether (sulfide) groups is 1. The number of nitrogens with one attached hydrogen (secondary N) is 2. The number of piperazine rings is 1. The van der Waals surface area contributed by atoms with Crippen molar-refractivity contribution in [3.05, 3.63) is 59.0 Å². The minimum atomic E-state index is -0.412. The summed E-state index contributed by atoms with van der Waals surface area (Å²) in [6.07, 6.45) is 3.10. The van der Waals surface area contributed by atoms with E-state index in [1.807, 2.05) is 29.2 Å². The highest BCUT2D eigenvalue weighted by Crippen LogP contribution is 2.31. The summed E-state index contributed by atoms with van der Waals surface area (Å²) in [5.74, 6) is -0.702. The van der Waals surface area contributed by atoms with Crippen LogP contribution in [-0.2, 0) is 4.79 Å². The Morgan fingerprint density at radius 2 is 1.90 bits per heavy atom. The molecule has 2 amide bonds. The minimum absolute atomic E-state index is 0.290. The first-order chi connectivity index (χ1) is 15.1. The van der Waals surface area contributed by atoms with Gasteiger partial charge in [-0.05, 0) is 47.7 Å². The Morgan fingerprint density at radius 3 is 2.65 bits per heavy atom. The first-order valence-electron chi connectivity index (χ1n) is 9.84. The summed E-state index contributed by atoms with van der Waals surface area (Å²) in [4.78, 5) is 34.3. The van der Waals surface area contributed by atoms with Crippen LogP contribution in [0.2, 0.25) is 0 Å². The summed E-state index contributed by atoms with van der Waals surface area (Å²) in [6.45, 7) is 3.19. The van der Waals surface area contributed by atoms with Crippen LogP contribution < -0.4 is 15.5 Å². The van der Waals surface area contributed by atoms with E-state index in [-0.39, 0.29) is 11.1 Å². The molecule has 2 aliphatic heterocycles. The van der Waals surface area contributed by atoms with Crippen LogP contribution in [0, 0.1) is 5.82 Å². The highest BCUT2D eigenvalue weighted by molar-refractivity contribution is 8.18. The zero-order valence-corrected chi connectivity index (χ0v) is 17.2. The second kappa shape index (κ2) is 8.09. The Hall–Kier alpha value is -3.30. The van der Waals surface area contributed by atoms with Crippen molar-refractivity contribution < 1.29 is 14.0 Å². The molecule has 9 heteroatoms. The third-order valence-electron chi connectivity index (χ3n) is 5.28. The van der Waals surface area contributed by atoms with Gasteiger partial charge >= 0.3 is 0 Å². The summed E-state index contributed by atoms with van der Waals surface area (Å²) in [7, 11) is 0. The van der Waals surface area contributed by atoms with Gasteiger partial charge in [0.1, 0.15) is 12.1 Å². The molecular weight excluding hydrogens is 417 g/mol. The Bertz CT molecular complexity index is 1240. The van der Waals surface area contributed by atoms with Gasteiger partial charge in [-0.2, -0.15) is 0 Å². The van der Waals surface area contributed by atoms with Gasteiger partial charge in [0.25, 0.3) is 11.1 Å². The van der Waals surface area contributed by atoms with Crippen molar-refractivity contribution in [2.75, 3.05) is 31.1 Å².